The normalized spacial score (nSPS) is 14.8. The number of para-hydroxylation sites is 1. The molecule has 0 saturated carbocycles. The third kappa shape index (κ3) is 3.84. The van der Waals surface area contributed by atoms with Gasteiger partial charge in [-0.15, -0.1) is 0 Å². The number of amides is 2. The van der Waals surface area contributed by atoms with E-state index in [2.05, 4.69) is 5.32 Å². The van der Waals surface area contributed by atoms with Crippen LogP contribution < -0.4 is 33.9 Å². The van der Waals surface area contributed by atoms with Crippen LogP contribution in [0, 0.1) is 0 Å². The summed E-state index contributed by atoms with van der Waals surface area (Å²) >= 11 is 0. The molecule has 3 aromatic rings. The van der Waals surface area contributed by atoms with Crippen molar-refractivity contribution in [3.63, 3.8) is 0 Å². The Labute approximate surface area is 192 Å². The molecule has 1 unspecified atom stereocenters. The quantitative estimate of drug-likeness (QED) is 0.553. The van der Waals surface area contributed by atoms with Crippen molar-refractivity contribution in [2.75, 3.05) is 45.8 Å². The summed E-state index contributed by atoms with van der Waals surface area (Å²) in [6.07, 6.45) is 0. The molecule has 3 aromatic carbocycles. The molecular formula is C25H26N2O6. The second kappa shape index (κ2) is 9.20. The van der Waals surface area contributed by atoms with Gasteiger partial charge < -0.3 is 29.0 Å². The first-order valence-electron chi connectivity index (χ1n) is 10.3. The van der Waals surface area contributed by atoms with Crippen molar-refractivity contribution >= 4 is 17.4 Å². The van der Waals surface area contributed by atoms with Crippen LogP contribution in [0.1, 0.15) is 17.2 Å². The first-order chi connectivity index (χ1) is 16.1. The van der Waals surface area contributed by atoms with Crippen LogP contribution >= 0.6 is 0 Å². The van der Waals surface area contributed by atoms with Gasteiger partial charge in [0.25, 0.3) is 0 Å². The van der Waals surface area contributed by atoms with E-state index in [0.717, 1.165) is 16.8 Å². The van der Waals surface area contributed by atoms with Crippen molar-refractivity contribution in [1.82, 2.24) is 0 Å². The number of hydrogen-bond donors (Lipinski definition) is 1. The van der Waals surface area contributed by atoms with E-state index in [-0.39, 0.29) is 6.03 Å². The molecule has 0 radical (unpaired) electrons. The number of methoxy groups -OCH3 is 5. The molecule has 1 heterocycles. The lowest BCUT2D eigenvalue weighted by Crippen LogP contribution is -2.43. The highest BCUT2D eigenvalue weighted by Crippen LogP contribution is 2.48. The maximum absolute atomic E-state index is 13.4. The zero-order valence-corrected chi connectivity index (χ0v) is 19.2. The van der Waals surface area contributed by atoms with Crippen LogP contribution in [0.4, 0.5) is 16.2 Å². The summed E-state index contributed by atoms with van der Waals surface area (Å²) in [5.74, 6) is 2.54. The second-order valence-electron chi connectivity index (χ2n) is 7.29. The molecule has 1 N–H and O–H groups in total. The van der Waals surface area contributed by atoms with E-state index in [1.165, 1.54) is 0 Å². The summed E-state index contributed by atoms with van der Waals surface area (Å²) < 4.78 is 27.6. The van der Waals surface area contributed by atoms with Crippen LogP contribution in [0.25, 0.3) is 0 Å². The summed E-state index contributed by atoms with van der Waals surface area (Å²) in [6.45, 7) is 0. The van der Waals surface area contributed by atoms with Crippen LogP contribution in [0.5, 0.6) is 28.7 Å². The minimum absolute atomic E-state index is 0.278. The largest absolute Gasteiger partial charge is 0.493 e. The fraction of sp³-hybridized carbons (Fsp3) is 0.240. The van der Waals surface area contributed by atoms with Gasteiger partial charge in [-0.25, -0.2) is 4.79 Å². The molecule has 1 aliphatic heterocycles. The standard InChI is InChI=1S/C25H26N2O6/c1-29-19-13-17-18(14-20(19)30-2)26-25(28)27(16-9-7-6-8-10-16)23(17)15-11-21(31-3)24(33-5)22(12-15)32-4/h6-14,23H,1-5H3,(H,26,28). The zero-order valence-electron chi connectivity index (χ0n) is 19.2. The van der Waals surface area contributed by atoms with Crippen molar-refractivity contribution in [3.8, 4) is 28.7 Å². The number of rotatable bonds is 7. The maximum Gasteiger partial charge on any atom is 0.327 e. The highest BCUT2D eigenvalue weighted by molar-refractivity contribution is 6.06. The van der Waals surface area contributed by atoms with Crippen LogP contribution in [0.15, 0.2) is 54.6 Å². The molecule has 1 aliphatic rings. The lowest BCUT2D eigenvalue weighted by Gasteiger charge is -2.38. The molecule has 0 saturated heterocycles. The molecule has 172 valence electrons. The number of carbonyl (C=O) groups excluding carboxylic acids is 1. The Morgan fingerprint density at radius 2 is 1.30 bits per heavy atom. The molecule has 1 atom stereocenters. The monoisotopic (exact) mass is 450 g/mol. The molecule has 0 aromatic heterocycles. The first-order valence-corrected chi connectivity index (χ1v) is 10.3. The van der Waals surface area contributed by atoms with E-state index < -0.39 is 6.04 Å². The molecule has 2 amide bonds. The van der Waals surface area contributed by atoms with Gasteiger partial charge in [-0.05, 0) is 35.9 Å². The van der Waals surface area contributed by atoms with Crippen molar-refractivity contribution in [1.29, 1.82) is 0 Å². The van der Waals surface area contributed by atoms with Gasteiger partial charge >= 0.3 is 6.03 Å². The smallest absolute Gasteiger partial charge is 0.327 e. The van der Waals surface area contributed by atoms with E-state index in [4.69, 9.17) is 23.7 Å². The summed E-state index contributed by atoms with van der Waals surface area (Å²) in [4.78, 5) is 15.1. The molecular weight excluding hydrogens is 424 g/mol. The fourth-order valence-electron chi connectivity index (χ4n) is 4.10. The molecule has 8 nitrogen and oxygen atoms in total. The third-order valence-electron chi connectivity index (χ3n) is 5.61. The summed E-state index contributed by atoms with van der Waals surface area (Å²) in [5, 5.41) is 2.98. The van der Waals surface area contributed by atoms with Gasteiger partial charge in [0.1, 0.15) is 0 Å². The third-order valence-corrected chi connectivity index (χ3v) is 5.61. The number of nitrogens with one attached hydrogen (secondary N) is 1. The number of benzene rings is 3. The number of nitrogens with zero attached hydrogens (tertiary/aromatic N) is 1. The van der Waals surface area contributed by atoms with E-state index in [0.29, 0.717) is 34.4 Å². The molecule has 8 heteroatoms. The SMILES string of the molecule is COc1cc2c(cc1OC)C(c1cc(OC)c(OC)c(OC)c1)N(c1ccccc1)C(=O)N2. The number of anilines is 2. The van der Waals surface area contributed by atoms with E-state index in [1.54, 1.807) is 46.5 Å². The number of hydrogen-bond acceptors (Lipinski definition) is 6. The van der Waals surface area contributed by atoms with Crippen LogP contribution in [-0.2, 0) is 0 Å². The minimum Gasteiger partial charge on any atom is -0.493 e. The van der Waals surface area contributed by atoms with Gasteiger partial charge in [0.05, 0.1) is 47.3 Å². The molecule has 0 fully saturated rings. The highest BCUT2D eigenvalue weighted by Gasteiger charge is 2.37. The number of urea groups is 1. The van der Waals surface area contributed by atoms with Crippen LogP contribution in [0.3, 0.4) is 0 Å². The van der Waals surface area contributed by atoms with E-state index in [1.807, 2.05) is 48.5 Å². The Hall–Kier alpha value is -4.07. The first kappa shape index (κ1) is 22.1. The molecule has 0 spiro atoms. The molecule has 0 bridgehead atoms. The predicted molar refractivity (Wildman–Crippen MR) is 125 cm³/mol. The Balaban J connectivity index is 2.00. The average molecular weight is 450 g/mol. The van der Waals surface area contributed by atoms with Crippen LogP contribution in [0.2, 0.25) is 0 Å². The summed E-state index contributed by atoms with van der Waals surface area (Å²) in [6, 6.07) is 16.0. The Kier molecular flexibility index (Phi) is 6.17. The van der Waals surface area contributed by atoms with E-state index in [9.17, 15) is 4.79 Å². The zero-order chi connectivity index (χ0) is 23.5. The summed E-state index contributed by atoms with van der Waals surface area (Å²) in [7, 11) is 7.81. The van der Waals surface area contributed by atoms with Gasteiger partial charge in [0.15, 0.2) is 23.0 Å². The Bertz CT molecular complexity index is 1140. The molecule has 0 aliphatic carbocycles. The van der Waals surface area contributed by atoms with Gasteiger partial charge in [-0.3, -0.25) is 4.90 Å². The molecule has 33 heavy (non-hydrogen) atoms. The second-order valence-corrected chi connectivity index (χ2v) is 7.29. The summed E-state index contributed by atoms with van der Waals surface area (Å²) in [5.41, 5.74) is 2.96. The van der Waals surface area contributed by atoms with Gasteiger partial charge in [0, 0.05) is 17.3 Å². The van der Waals surface area contributed by atoms with Crippen molar-refractivity contribution < 1.29 is 28.5 Å². The van der Waals surface area contributed by atoms with Crippen molar-refractivity contribution in [2.24, 2.45) is 0 Å². The van der Waals surface area contributed by atoms with Gasteiger partial charge in [-0.1, -0.05) is 18.2 Å². The van der Waals surface area contributed by atoms with Gasteiger partial charge in [0.2, 0.25) is 5.75 Å². The van der Waals surface area contributed by atoms with Crippen molar-refractivity contribution in [3.05, 3.63) is 65.7 Å². The highest BCUT2D eigenvalue weighted by atomic mass is 16.5. The topological polar surface area (TPSA) is 78.5 Å². The Morgan fingerprint density at radius 3 is 1.85 bits per heavy atom. The molecule has 4 rings (SSSR count). The van der Waals surface area contributed by atoms with Crippen molar-refractivity contribution in [2.45, 2.75) is 6.04 Å². The van der Waals surface area contributed by atoms with Gasteiger partial charge in [-0.2, -0.15) is 0 Å². The van der Waals surface area contributed by atoms with E-state index >= 15 is 0 Å². The van der Waals surface area contributed by atoms with Crippen LogP contribution in [-0.4, -0.2) is 41.6 Å². The maximum atomic E-state index is 13.4. The lowest BCUT2D eigenvalue weighted by atomic mass is 9.92. The minimum atomic E-state index is -0.510. The number of ether oxygens (including phenoxy) is 5. The number of carbonyl (C=O) groups is 1. The lowest BCUT2D eigenvalue weighted by molar-refractivity contribution is 0.254. The Morgan fingerprint density at radius 1 is 0.727 bits per heavy atom. The predicted octanol–water partition coefficient (Wildman–Crippen LogP) is 4.87. The fourth-order valence-corrected chi connectivity index (χ4v) is 4.10. The average Bonchev–Trinajstić information content (AvgIpc) is 2.86. The number of fused-ring (bicyclic) bond motifs is 1.